The normalized spacial score (nSPS) is 11.8. The van der Waals surface area contributed by atoms with E-state index in [9.17, 15) is 26.7 Å². The van der Waals surface area contributed by atoms with Gasteiger partial charge in [0.25, 0.3) is 5.91 Å². The summed E-state index contributed by atoms with van der Waals surface area (Å²) in [4.78, 5) is 15.1. The maximum Gasteiger partial charge on any atom is 0.416 e. The monoisotopic (exact) mass is 421 g/mol. The van der Waals surface area contributed by atoms with E-state index in [2.05, 4.69) is 15.5 Å². The molecule has 0 bridgehead atoms. The van der Waals surface area contributed by atoms with Crippen molar-refractivity contribution >= 4 is 22.5 Å². The minimum Gasteiger partial charge on any atom is -0.360 e. The van der Waals surface area contributed by atoms with Crippen LogP contribution in [0.1, 0.15) is 27.4 Å². The van der Waals surface area contributed by atoms with Crippen LogP contribution in [0, 0.1) is 11.6 Å². The molecule has 0 aliphatic carbocycles. The van der Waals surface area contributed by atoms with Crippen molar-refractivity contribution in [2.75, 3.05) is 5.32 Å². The SMILES string of the molecule is O=C(Nc1c[nH]c2cc(F)c(F)cc12)c1cc(Cc2ccc(C(F)(F)F)cc2)on1. The molecule has 4 rings (SSSR count). The van der Waals surface area contributed by atoms with Gasteiger partial charge < -0.3 is 14.8 Å². The Morgan fingerprint density at radius 3 is 2.47 bits per heavy atom. The van der Waals surface area contributed by atoms with Crippen LogP contribution in [0.3, 0.4) is 0 Å². The molecule has 0 aliphatic rings. The summed E-state index contributed by atoms with van der Waals surface area (Å²) in [5.41, 5.74) is 0.224. The lowest BCUT2D eigenvalue weighted by Crippen LogP contribution is -2.11. The van der Waals surface area contributed by atoms with Gasteiger partial charge in [0, 0.05) is 30.1 Å². The highest BCUT2D eigenvalue weighted by molar-refractivity contribution is 6.08. The van der Waals surface area contributed by atoms with E-state index in [-0.39, 0.29) is 28.9 Å². The van der Waals surface area contributed by atoms with Crippen LogP contribution in [0.15, 0.2) is 53.2 Å². The summed E-state index contributed by atoms with van der Waals surface area (Å²) in [7, 11) is 0. The number of anilines is 1. The van der Waals surface area contributed by atoms with Crippen molar-refractivity contribution < 1.29 is 31.3 Å². The average Bonchev–Trinajstić information content (AvgIpc) is 3.30. The number of carbonyl (C=O) groups is 1. The van der Waals surface area contributed by atoms with E-state index >= 15 is 0 Å². The van der Waals surface area contributed by atoms with Gasteiger partial charge in [-0.15, -0.1) is 0 Å². The molecule has 5 nitrogen and oxygen atoms in total. The van der Waals surface area contributed by atoms with Crippen molar-refractivity contribution in [3.63, 3.8) is 0 Å². The summed E-state index contributed by atoms with van der Waals surface area (Å²) >= 11 is 0. The Balaban J connectivity index is 1.47. The van der Waals surface area contributed by atoms with Gasteiger partial charge in [-0.3, -0.25) is 4.79 Å². The van der Waals surface area contributed by atoms with Crippen LogP contribution in [-0.4, -0.2) is 16.0 Å². The minimum absolute atomic E-state index is 0.0751. The predicted molar refractivity (Wildman–Crippen MR) is 96.9 cm³/mol. The Morgan fingerprint density at radius 1 is 1.07 bits per heavy atom. The highest BCUT2D eigenvalue weighted by atomic mass is 19.4. The number of rotatable bonds is 4. The maximum absolute atomic E-state index is 13.5. The molecule has 2 aromatic heterocycles. The molecule has 0 aliphatic heterocycles. The van der Waals surface area contributed by atoms with E-state index in [4.69, 9.17) is 4.52 Å². The molecule has 4 aromatic rings. The number of aromatic nitrogens is 2. The number of benzene rings is 2. The molecule has 30 heavy (non-hydrogen) atoms. The molecule has 1 amide bonds. The zero-order valence-electron chi connectivity index (χ0n) is 15.0. The van der Waals surface area contributed by atoms with Crippen molar-refractivity contribution in [3.8, 4) is 0 Å². The number of amides is 1. The average molecular weight is 421 g/mol. The molecule has 0 radical (unpaired) electrons. The van der Waals surface area contributed by atoms with Gasteiger partial charge in [0.15, 0.2) is 17.3 Å². The number of hydrogen-bond acceptors (Lipinski definition) is 3. The van der Waals surface area contributed by atoms with E-state index in [1.807, 2.05) is 0 Å². The van der Waals surface area contributed by atoms with Crippen LogP contribution in [0.4, 0.5) is 27.6 Å². The molecule has 2 aromatic carbocycles. The third kappa shape index (κ3) is 3.88. The standard InChI is InChI=1S/C20H12F5N3O2/c21-14-7-13-16(8-15(14)22)26-9-18(13)27-19(29)17-6-12(30-28-17)5-10-1-3-11(4-2-10)20(23,24)25/h1-4,6-9,26H,5H2,(H,27,29). The lowest BCUT2D eigenvalue weighted by molar-refractivity contribution is -0.137. The number of aromatic amines is 1. The lowest BCUT2D eigenvalue weighted by Gasteiger charge is -2.06. The largest absolute Gasteiger partial charge is 0.416 e. The second kappa shape index (κ2) is 7.29. The fraction of sp³-hybridized carbons (Fsp3) is 0.100. The first-order valence-corrected chi connectivity index (χ1v) is 8.60. The second-order valence-corrected chi connectivity index (χ2v) is 6.52. The fourth-order valence-electron chi connectivity index (χ4n) is 2.92. The number of alkyl halides is 3. The quantitative estimate of drug-likeness (QED) is 0.440. The number of H-pyrrole nitrogens is 1. The summed E-state index contributed by atoms with van der Waals surface area (Å²) in [6.07, 6.45) is -2.91. The maximum atomic E-state index is 13.5. The van der Waals surface area contributed by atoms with Crippen LogP contribution in [0.25, 0.3) is 10.9 Å². The molecule has 10 heteroatoms. The smallest absolute Gasteiger partial charge is 0.360 e. The number of fused-ring (bicyclic) bond motifs is 1. The molecule has 0 fully saturated rings. The molecule has 2 heterocycles. The highest BCUT2D eigenvalue weighted by Crippen LogP contribution is 2.29. The van der Waals surface area contributed by atoms with E-state index in [0.29, 0.717) is 11.1 Å². The van der Waals surface area contributed by atoms with Gasteiger partial charge in [-0.1, -0.05) is 17.3 Å². The molecular formula is C20H12F5N3O2. The molecule has 2 N–H and O–H groups in total. The number of halogens is 5. The third-order valence-corrected chi connectivity index (χ3v) is 4.42. The Hall–Kier alpha value is -3.69. The lowest BCUT2D eigenvalue weighted by atomic mass is 10.1. The van der Waals surface area contributed by atoms with Gasteiger partial charge in [-0.2, -0.15) is 13.2 Å². The van der Waals surface area contributed by atoms with E-state index in [0.717, 1.165) is 24.3 Å². The highest BCUT2D eigenvalue weighted by Gasteiger charge is 2.30. The first kappa shape index (κ1) is 19.6. The van der Waals surface area contributed by atoms with Crippen LogP contribution >= 0.6 is 0 Å². The molecule has 0 saturated heterocycles. The zero-order chi connectivity index (χ0) is 21.5. The molecule has 0 atom stereocenters. The topological polar surface area (TPSA) is 70.9 Å². The fourth-order valence-corrected chi connectivity index (χ4v) is 2.92. The molecular weight excluding hydrogens is 409 g/mol. The number of carbonyl (C=O) groups excluding carboxylic acids is 1. The van der Waals surface area contributed by atoms with Crippen molar-refractivity contribution in [1.82, 2.24) is 10.1 Å². The van der Waals surface area contributed by atoms with Crippen molar-refractivity contribution in [3.05, 3.63) is 82.9 Å². The minimum atomic E-state index is -4.42. The molecule has 0 spiro atoms. The van der Waals surface area contributed by atoms with Crippen molar-refractivity contribution in [2.45, 2.75) is 12.6 Å². The zero-order valence-corrected chi connectivity index (χ0v) is 15.0. The van der Waals surface area contributed by atoms with Gasteiger partial charge in [0.05, 0.1) is 16.8 Å². The van der Waals surface area contributed by atoms with Gasteiger partial charge in [-0.05, 0) is 23.8 Å². The van der Waals surface area contributed by atoms with E-state index < -0.39 is 29.3 Å². The summed E-state index contributed by atoms with van der Waals surface area (Å²) in [6.45, 7) is 0. The van der Waals surface area contributed by atoms with Gasteiger partial charge in [0.1, 0.15) is 5.76 Å². The van der Waals surface area contributed by atoms with E-state index in [1.165, 1.54) is 24.4 Å². The van der Waals surface area contributed by atoms with Crippen LogP contribution < -0.4 is 5.32 Å². The Kier molecular flexibility index (Phi) is 4.76. The van der Waals surface area contributed by atoms with Gasteiger partial charge >= 0.3 is 6.18 Å². The Labute approximate surface area is 165 Å². The third-order valence-electron chi connectivity index (χ3n) is 4.42. The van der Waals surface area contributed by atoms with Gasteiger partial charge in [0.2, 0.25) is 0 Å². The summed E-state index contributed by atoms with van der Waals surface area (Å²) in [5, 5.41) is 6.45. The molecule has 0 saturated carbocycles. The predicted octanol–water partition coefficient (Wildman–Crippen LogP) is 5.30. The Morgan fingerprint density at radius 2 is 1.77 bits per heavy atom. The van der Waals surface area contributed by atoms with E-state index in [1.54, 1.807) is 0 Å². The van der Waals surface area contributed by atoms with Crippen molar-refractivity contribution in [1.29, 1.82) is 0 Å². The first-order chi connectivity index (χ1) is 14.2. The molecule has 0 unspecified atom stereocenters. The second-order valence-electron chi connectivity index (χ2n) is 6.52. The number of hydrogen-bond donors (Lipinski definition) is 2. The number of nitrogens with zero attached hydrogens (tertiary/aromatic N) is 1. The Bertz CT molecular complexity index is 1230. The van der Waals surface area contributed by atoms with Crippen LogP contribution in [0.5, 0.6) is 0 Å². The summed E-state index contributed by atoms with van der Waals surface area (Å²) < 4.78 is 69.7. The van der Waals surface area contributed by atoms with Crippen LogP contribution in [-0.2, 0) is 12.6 Å². The van der Waals surface area contributed by atoms with Gasteiger partial charge in [-0.25, -0.2) is 8.78 Å². The number of nitrogens with one attached hydrogen (secondary N) is 2. The first-order valence-electron chi connectivity index (χ1n) is 8.60. The summed E-state index contributed by atoms with van der Waals surface area (Å²) in [5.74, 6) is -2.46. The van der Waals surface area contributed by atoms with Crippen molar-refractivity contribution in [2.24, 2.45) is 0 Å². The van der Waals surface area contributed by atoms with Crippen LogP contribution in [0.2, 0.25) is 0 Å². The summed E-state index contributed by atoms with van der Waals surface area (Å²) in [6, 6.07) is 7.81. The molecule has 154 valence electrons.